The number of pyridine rings is 4. The number of aromatic nitrogens is 4. The van der Waals surface area contributed by atoms with Gasteiger partial charge in [0.05, 0.1) is 144 Å². The summed E-state index contributed by atoms with van der Waals surface area (Å²) in [5.41, 5.74) is -13.5. The number of non-ortho nitro benzene ring substituents is 4. The Morgan fingerprint density at radius 1 is 0.532 bits per heavy atom. The average molecular weight is 1720 g/mol. The molecule has 0 saturated heterocycles. The van der Waals surface area contributed by atoms with Crippen LogP contribution in [0.25, 0.3) is 66.8 Å². The second-order valence-electron chi connectivity index (χ2n) is 28.6. The maximum atomic E-state index is 14.1. The number of benzene rings is 6. The summed E-state index contributed by atoms with van der Waals surface area (Å²) in [4.78, 5) is 205. The maximum absolute atomic E-state index is 14.1. The van der Waals surface area contributed by atoms with E-state index in [0.29, 0.717) is 86.4 Å². The molecule has 0 saturated carbocycles. The number of hydrogen-bond acceptors (Lipinski definition) is 36. The fourth-order valence-corrected chi connectivity index (χ4v) is 15.6. The molecular weight excluding hydrogens is 1670 g/mol. The van der Waals surface area contributed by atoms with E-state index < -0.39 is 218 Å². The van der Waals surface area contributed by atoms with Crippen LogP contribution < -0.4 is 15.9 Å². The van der Waals surface area contributed by atoms with Crippen molar-refractivity contribution in [2.24, 2.45) is 10.3 Å². The van der Waals surface area contributed by atoms with Crippen LogP contribution in [0.3, 0.4) is 0 Å². The van der Waals surface area contributed by atoms with Gasteiger partial charge in [0.15, 0.2) is 0 Å². The van der Waals surface area contributed by atoms with Gasteiger partial charge in [-0.15, -0.1) is 12.4 Å². The topological polar surface area (TPSA) is 613 Å². The Labute approximate surface area is 695 Å². The van der Waals surface area contributed by atoms with Gasteiger partial charge in [0.2, 0.25) is 37.1 Å². The molecular formula is C76H53BClN15O31. The number of nitro benzene ring substituents is 8. The lowest BCUT2D eigenvalue weighted by Crippen LogP contribution is -2.48. The van der Waals surface area contributed by atoms with Crippen molar-refractivity contribution in [3.05, 3.63) is 266 Å². The van der Waals surface area contributed by atoms with E-state index in [1.807, 2.05) is 25.1 Å². The fraction of sp³-hybridized carbons (Fsp3) is 0.224. The van der Waals surface area contributed by atoms with Gasteiger partial charge in [-0.3, -0.25) is 95.3 Å². The Morgan fingerprint density at radius 3 is 1.26 bits per heavy atom. The standard InChI is InChI=1S/C39H30N8O15.C37H22BN7O16.ClH/c1-5-39(26-13-30-34-18(14-43(30)36(49)25(26)16-60-38(39)51)8-21-24(15-42(3)4)31(48)7-6-27(21)40-34)61-37(50)17(2)62-41-35-22-9-19(44(52)53)11-28(46(56)57)32(22)33-23(35)10-20(45(54)55)12-29(33)47(58)59;1-3-37(24-12-28-31-17(13-41(28)33(46)23(24)14-58-35(37)48)6-16-7-20(59-36(38)49)4-5-25(16)39-31)60-34(47)15(2)61-40-32-21-8-18(42(50)51)10-26(44(54)55)29(21)30-22(32)9-19(43(52)53)11-27(30)45(56)57;/h6-13,17,48H,5,14-16H2,1-4H3;4-12,15H,3,13-14H2,1-2H3;1H/t17-,39-;15-,37-;/m00./s1. The van der Waals surface area contributed by atoms with Crippen LogP contribution in [0.4, 0.5) is 50.3 Å². The summed E-state index contributed by atoms with van der Waals surface area (Å²) in [7, 11) is 8.83. The number of carbonyl (C=O) groups is 5. The summed E-state index contributed by atoms with van der Waals surface area (Å²) in [5, 5.41) is 116. The molecule has 8 heterocycles. The van der Waals surface area contributed by atoms with Crippen molar-refractivity contribution >= 4 is 129 Å². The van der Waals surface area contributed by atoms with Gasteiger partial charge in [-0.25, -0.2) is 29.1 Å². The number of cyclic esters (lactones) is 2. The normalized spacial score (nSPS) is 15.9. The molecule has 4 aromatic heterocycles. The van der Waals surface area contributed by atoms with Crippen molar-refractivity contribution in [3.63, 3.8) is 0 Å². The van der Waals surface area contributed by atoms with Gasteiger partial charge in [-0.2, -0.15) is 0 Å². The number of phenolic OH excluding ortho intramolecular Hbond substituents is 1. The molecule has 4 aliphatic heterocycles. The lowest BCUT2D eigenvalue weighted by molar-refractivity contribution is -0.395. The monoisotopic (exact) mass is 1720 g/mol. The number of oxime groups is 2. The highest BCUT2D eigenvalue weighted by Crippen LogP contribution is 2.54. The molecule has 0 fully saturated rings. The molecule has 0 amide bonds. The minimum Gasteiger partial charge on any atom is -0.508 e. The number of esters is 4. The molecule has 4 atom stereocenters. The van der Waals surface area contributed by atoms with Gasteiger partial charge in [0, 0.05) is 91.7 Å². The van der Waals surface area contributed by atoms with E-state index in [1.165, 1.54) is 53.3 Å². The summed E-state index contributed by atoms with van der Waals surface area (Å²) < 4.78 is 30.3. The fourth-order valence-electron chi connectivity index (χ4n) is 15.6. The molecule has 0 bridgehead atoms. The number of aromatic hydroxyl groups is 1. The van der Waals surface area contributed by atoms with Gasteiger partial charge >= 0.3 is 23.9 Å². The van der Waals surface area contributed by atoms with Crippen LogP contribution in [-0.4, -0.2) is 144 Å². The molecule has 0 unspecified atom stereocenters. The maximum Gasteiger partial charge on any atom is 0.355 e. The van der Waals surface area contributed by atoms with Crippen molar-refractivity contribution in [2.45, 2.75) is 96.8 Å². The van der Waals surface area contributed by atoms with E-state index in [1.54, 1.807) is 18.2 Å². The second kappa shape index (κ2) is 31.1. The van der Waals surface area contributed by atoms with Crippen molar-refractivity contribution in [3.8, 4) is 56.5 Å². The van der Waals surface area contributed by atoms with Crippen molar-refractivity contribution in [2.75, 3.05) is 14.1 Å². The third kappa shape index (κ3) is 13.8. The van der Waals surface area contributed by atoms with Crippen LogP contribution in [0.1, 0.15) is 102 Å². The second-order valence-corrected chi connectivity index (χ2v) is 28.6. The van der Waals surface area contributed by atoms with E-state index >= 15 is 0 Å². The first-order valence-electron chi connectivity index (χ1n) is 36.2. The highest BCUT2D eigenvalue weighted by atomic mass is 35.5. The number of fused-ring (bicyclic) bond motifs is 16. The van der Waals surface area contributed by atoms with E-state index in [9.17, 15) is 120 Å². The molecule has 6 aromatic carbocycles. The molecule has 48 heteroatoms. The number of hydrogen-bond donors (Lipinski definition) is 1. The Morgan fingerprint density at radius 2 is 0.903 bits per heavy atom. The van der Waals surface area contributed by atoms with Crippen molar-refractivity contribution in [1.29, 1.82) is 0 Å². The molecule has 124 heavy (non-hydrogen) atoms. The molecule has 16 rings (SSSR count). The molecule has 628 valence electrons. The highest BCUT2D eigenvalue weighted by molar-refractivity contribution is 6.55. The zero-order chi connectivity index (χ0) is 88.5. The van der Waals surface area contributed by atoms with Gasteiger partial charge in [-0.05, 0) is 95.4 Å². The zero-order valence-electron chi connectivity index (χ0n) is 64.3. The smallest absolute Gasteiger partial charge is 0.355 e. The number of ether oxygens (including phenoxy) is 5. The number of nitro groups is 8. The minimum absolute atomic E-state index is 0. The number of rotatable bonds is 21. The van der Waals surface area contributed by atoms with Crippen molar-refractivity contribution < 1.29 is 102 Å². The Balaban J connectivity index is 0.000000200. The van der Waals surface area contributed by atoms with E-state index in [-0.39, 0.29) is 77.8 Å². The van der Waals surface area contributed by atoms with Crippen LogP contribution in [-0.2, 0) is 91.9 Å². The molecule has 0 spiro atoms. The quantitative estimate of drug-likeness (QED) is 0.0230. The first-order valence-corrected chi connectivity index (χ1v) is 36.2. The van der Waals surface area contributed by atoms with E-state index in [2.05, 4.69) is 10.3 Å². The SMILES string of the molecule is CC[C@@]1(OC(=O)[C@H](C)ON=C2c3cc([N+](=O)[O-])cc([N+](=O)[O-])c3-c3c2cc([N+](=O)[O-])cc3[N+](=O)[O-])C(=O)OCc2c1cc1n(c2=O)Cc2cc3c(CN(C)C)c(O)ccc3nc2-1.Cl.[B]C(=O)Oc1ccc2nc3c(cc2c1)Cn1c-3cc2c(c1=O)COC(=O)[C@@]2(CC)OC(=O)[C@H](C)ON=C1c2cc([N+](=O)[O-])cc([N+](=O)[O-])c2-c2c1cc([N+](=O)[O-])cc2[N+](=O)[O-]. The van der Waals surface area contributed by atoms with Gasteiger partial charge in [0.25, 0.3) is 56.6 Å². The average Bonchev–Trinajstić information content (AvgIpc) is 1.41. The predicted octanol–water partition coefficient (Wildman–Crippen LogP) is 10.1. The molecule has 1 N–H and O–H groups in total. The van der Waals surface area contributed by atoms with E-state index in [0.717, 1.165) is 38.1 Å². The molecule has 10 aromatic rings. The van der Waals surface area contributed by atoms with Crippen molar-refractivity contribution in [1.82, 2.24) is 24.0 Å². The minimum atomic E-state index is -2.24. The number of nitrogens with zero attached hydrogens (tertiary/aromatic N) is 15. The van der Waals surface area contributed by atoms with Crippen LogP contribution in [0.5, 0.6) is 11.5 Å². The van der Waals surface area contributed by atoms with Gasteiger partial charge in [0.1, 0.15) is 36.1 Å². The molecule has 46 nitrogen and oxygen atoms in total. The summed E-state index contributed by atoms with van der Waals surface area (Å²) in [6.45, 7) is 4.86. The van der Waals surface area contributed by atoms with E-state index in [4.69, 9.17) is 51.2 Å². The molecule has 2 radical (unpaired) electrons. The molecule has 6 aliphatic rings. The lowest BCUT2D eigenvalue weighted by Gasteiger charge is -2.36. The Hall–Kier alpha value is -16.4. The third-order valence-corrected chi connectivity index (χ3v) is 21.3. The first-order chi connectivity index (χ1) is 58.3. The Kier molecular flexibility index (Phi) is 21.1. The van der Waals surface area contributed by atoms with Crippen LogP contribution in [0, 0.1) is 80.9 Å². The number of carbonyl (C=O) groups excluding carboxylic acids is 5. The van der Waals surface area contributed by atoms with Gasteiger partial charge < -0.3 is 52.5 Å². The van der Waals surface area contributed by atoms with Crippen LogP contribution in [0.15, 0.2) is 123 Å². The largest absolute Gasteiger partial charge is 0.508 e. The predicted molar refractivity (Wildman–Crippen MR) is 424 cm³/mol. The van der Waals surface area contributed by atoms with Gasteiger partial charge in [-0.1, -0.05) is 24.2 Å². The zero-order valence-corrected chi connectivity index (χ0v) is 65.1. The third-order valence-electron chi connectivity index (χ3n) is 21.3. The Bertz CT molecular complexity index is 6680. The summed E-state index contributed by atoms with van der Waals surface area (Å²) >= 11 is 0. The highest BCUT2D eigenvalue weighted by Gasteiger charge is 2.54. The molecule has 2 aliphatic carbocycles. The summed E-state index contributed by atoms with van der Waals surface area (Å²) in [6.07, 6.45) is -4.06. The van der Waals surface area contributed by atoms with Crippen LogP contribution >= 0.6 is 12.4 Å². The summed E-state index contributed by atoms with van der Waals surface area (Å²) in [5.74, 6) is -5.37. The van der Waals surface area contributed by atoms with Crippen LogP contribution in [0.2, 0.25) is 0 Å². The lowest BCUT2D eigenvalue weighted by atomic mass is 9.85. The first kappa shape index (κ1) is 84.1. The number of phenols is 1. The summed E-state index contributed by atoms with van der Waals surface area (Å²) in [6, 6.07) is 19.8. The number of halogens is 1.